The zero-order chi connectivity index (χ0) is 16.6. The Hall–Kier alpha value is -2.35. The molecule has 1 aromatic rings. The summed E-state index contributed by atoms with van der Waals surface area (Å²) in [6, 6.07) is 11.2. The summed E-state index contributed by atoms with van der Waals surface area (Å²) in [6.07, 6.45) is -0.239. The van der Waals surface area contributed by atoms with Crippen molar-refractivity contribution in [3.05, 3.63) is 35.9 Å². The van der Waals surface area contributed by atoms with Crippen LogP contribution < -0.4 is 0 Å². The van der Waals surface area contributed by atoms with Gasteiger partial charge in [0.15, 0.2) is 0 Å². The van der Waals surface area contributed by atoms with Crippen LogP contribution in [0.5, 0.6) is 0 Å². The topological polar surface area (TPSA) is 76.4 Å². The third-order valence-electron chi connectivity index (χ3n) is 2.67. The third kappa shape index (κ3) is 7.44. The third-order valence-corrected chi connectivity index (χ3v) is 2.67. The van der Waals surface area contributed by atoms with Crippen LogP contribution in [-0.4, -0.2) is 17.5 Å². The van der Waals surface area contributed by atoms with Crippen molar-refractivity contribution >= 4 is 11.9 Å². The Kier molecular flexibility index (Phi) is 6.58. The van der Waals surface area contributed by atoms with Crippen molar-refractivity contribution in [2.24, 2.45) is 5.92 Å². The smallest absolute Gasteiger partial charge is 0.307 e. The summed E-state index contributed by atoms with van der Waals surface area (Å²) >= 11 is 0. The minimum Gasteiger partial charge on any atom is -0.461 e. The van der Waals surface area contributed by atoms with Crippen LogP contribution in [0.4, 0.5) is 0 Å². The maximum Gasteiger partial charge on any atom is 0.307 e. The Morgan fingerprint density at radius 3 is 2.27 bits per heavy atom. The van der Waals surface area contributed by atoms with E-state index >= 15 is 0 Å². The van der Waals surface area contributed by atoms with Crippen LogP contribution in [0.1, 0.15) is 39.2 Å². The molecule has 118 valence electrons. The van der Waals surface area contributed by atoms with E-state index in [1.807, 2.05) is 36.4 Å². The van der Waals surface area contributed by atoms with Gasteiger partial charge in [0, 0.05) is 0 Å². The molecule has 5 heteroatoms. The first-order valence-electron chi connectivity index (χ1n) is 7.11. The van der Waals surface area contributed by atoms with Gasteiger partial charge in [0.25, 0.3) is 0 Å². The summed E-state index contributed by atoms with van der Waals surface area (Å²) in [4.78, 5) is 23.4. The van der Waals surface area contributed by atoms with E-state index in [2.05, 4.69) is 0 Å². The van der Waals surface area contributed by atoms with Crippen molar-refractivity contribution in [3.8, 4) is 6.07 Å². The molecule has 1 rings (SSSR count). The lowest BCUT2D eigenvalue weighted by molar-refractivity contribution is -0.156. The van der Waals surface area contributed by atoms with E-state index in [0.29, 0.717) is 0 Å². The fourth-order valence-electron chi connectivity index (χ4n) is 1.75. The highest BCUT2D eigenvalue weighted by atomic mass is 16.6. The van der Waals surface area contributed by atoms with Gasteiger partial charge in [-0.15, -0.1) is 0 Å². The first-order chi connectivity index (χ1) is 10.3. The molecular weight excluding hydrogens is 282 g/mol. The number of carbonyl (C=O) groups is 2. The van der Waals surface area contributed by atoms with E-state index in [4.69, 9.17) is 14.7 Å². The predicted molar refractivity (Wildman–Crippen MR) is 80.4 cm³/mol. The van der Waals surface area contributed by atoms with Gasteiger partial charge in [-0.2, -0.15) is 5.26 Å². The van der Waals surface area contributed by atoms with Gasteiger partial charge in [0.1, 0.15) is 12.2 Å². The molecule has 0 radical (unpaired) electrons. The minimum absolute atomic E-state index is 0.117. The summed E-state index contributed by atoms with van der Waals surface area (Å²) in [5, 5.41) is 9.04. The molecule has 0 heterocycles. The standard InChI is InChI=1S/C17H21NO4/c1-17(2,3)22-16(20)10-14(11-18)9-15(19)21-12-13-7-5-4-6-8-13/h4-8,14H,9-10,12H2,1-3H3/t14-/m1/s1. The first kappa shape index (κ1) is 17.7. The highest BCUT2D eigenvalue weighted by Gasteiger charge is 2.22. The SMILES string of the molecule is CC(C)(C)OC(=O)C[C@H](C#N)CC(=O)OCc1ccccc1. The van der Waals surface area contributed by atoms with Crippen molar-refractivity contribution in [1.29, 1.82) is 5.26 Å². The maximum atomic E-state index is 11.7. The van der Waals surface area contributed by atoms with E-state index < -0.39 is 23.5 Å². The predicted octanol–water partition coefficient (Wildman–Crippen LogP) is 2.99. The fourth-order valence-corrected chi connectivity index (χ4v) is 1.75. The first-order valence-corrected chi connectivity index (χ1v) is 7.11. The highest BCUT2D eigenvalue weighted by molar-refractivity contribution is 5.74. The molecule has 0 aliphatic rings. The molecule has 5 nitrogen and oxygen atoms in total. The molecule has 0 saturated carbocycles. The summed E-state index contributed by atoms with van der Waals surface area (Å²) in [7, 11) is 0. The second-order valence-electron chi connectivity index (χ2n) is 5.97. The molecule has 0 amide bonds. The van der Waals surface area contributed by atoms with E-state index in [0.717, 1.165) is 5.56 Å². The lowest BCUT2D eigenvalue weighted by Gasteiger charge is -2.20. The number of hydrogen-bond donors (Lipinski definition) is 0. The van der Waals surface area contributed by atoms with Gasteiger partial charge in [-0.25, -0.2) is 0 Å². The second-order valence-corrected chi connectivity index (χ2v) is 5.97. The highest BCUT2D eigenvalue weighted by Crippen LogP contribution is 2.15. The quantitative estimate of drug-likeness (QED) is 0.755. The van der Waals surface area contributed by atoms with Crippen molar-refractivity contribution < 1.29 is 19.1 Å². The van der Waals surface area contributed by atoms with Crippen molar-refractivity contribution in [2.75, 3.05) is 0 Å². The van der Waals surface area contributed by atoms with E-state index in [9.17, 15) is 9.59 Å². The van der Waals surface area contributed by atoms with Gasteiger partial charge >= 0.3 is 11.9 Å². The van der Waals surface area contributed by atoms with Gasteiger partial charge in [0.2, 0.25) is 0 Å². The van der Waals surface area contributed by atoms with Gasteiger partial charge in [0.05, 0.1) is 24.8 Å². The molecule has 0 aliphatic carbocycles. The summed E-state index contributed by atoms with van der Waals surface area (Å²) in [5.41, 5.74) is 0.266. The van der Waals surface area contributed by atoms with E-state index in [1.165, 1.54) is 0 Å². The van der Waals surface area contributed by atoms with Gasteiger partial charge in [-0.3, -0.25) is 9.59 Å². The van der Waals surface area contributed by atoms with Gasteiger partial charge in [-0.05, 0) is 26.3 Å². The molecule has 0 N–H and O–H groups in total. The molecule has 0 unspecified atom stereocenters. The Balaban J connectivity index is 2.40. The minimum atomic E-state index is -0.738. The molecule has 22 heavy (non-hydrogen) atoms. The van der Waals surface area contributed by atoms with E-state index in [-0.39, 0.29) is 19.4 Å². The fraction of sp³-hybridized carbons (Fsp3) is 0.471. The largest absolute Gasteiger partial charge is 0.461 e. The summed E-state index contributed by atoms with van der Waals surface area (Å²) < 4.78 is 10.2. The summed E-state index contributed by atoms with van der Waals surface area (Å²) in [5.74, 6) is -1.73. The van der Waals surface area contributed by atoms with Crippen LogP contribution in [-0.2, 0) is 25.7 Å². The number of esters is 2. The average Bonchev–Trinajstić information content (AvgIpc) is 2.43. The molecule has 0 aliphatic heterocycles. The number of nitrogens with zero attached hydrogens (tertiary/aromatic N) is 1. The van der Waals surface area contributed by atoms with Crippen molar-refractivity contribution in [2.45, 2.75) is 45.8 Å². The number of benzene rings is 1. The molecule has 1 atom stereocenters. The second kappa shape index (κ2) is 8.18. The Morgan fingerprint density at radius 1 is 1.14 bits per heavy atom. The Morgan fingerprint density at radius 2 is 1.73 bits per heavy atom. The van der Waals surface area contributed by atoms with Crippen LogP contribution in [0.25, 0.3) is 0 Å². The Bertz CT molecular complexity index is 540. The lowest BCUT2D eigenvalue weighted by Crippen LogP contribution is -2.25. The number of ether oxygens (including phenoxy) is 2. The van der Waals surface area contributed by atoms with Crippen LogP contribution in [0.3, 0.4) is 0 Å². The van der Waals surface area contributed by atoms with Crippen LogP contribution in [0, 0.1) is 17.2 Å². The molecular formula is C17H21NO4. The zero-order valence-corrected chi connectivity index (χ0v) is 13.2. The monoisotopic (exact) mass is 303 g/mol. The van der Waals surface area contributed by atoms with Gasteiger partial charge in [-0.1, -0.05) is 30.3 Å². The number of carbonyl (C=O) groups excluding carboxylic acids is 2. The van der Waals surface area contributed by atoms with Crippen molar-refractivity contribution in [3.63, 3.8) is 0 Å². The van der Waals surface area contributed by atoms with Crippen molar-refractivity contribution in [1.82, 2.24) is 0 Å². The molecule has 0 aromatic heterocycles. The molecule has 0 spiro atoms. The number of nitriles is 1. The lowest BCUT2D eigenvalue weighted by atomic mass is 10.0. The van der Waals surface area contributed by atoms with Crippen LogP contribution in [0.15, 0.2) is 30.3 Å². The zero-order valence-electron chi connectivity index (χ0n) is 13.2. The normalized spacial score (nSPS) is 12.1. The van der Waals surface area contributed by atoms with Crippen LogP contribution in [0.2, 0.25) is 0 Å². The molecule has 0 saturated heterocycles. The summed E-state index contributed by atoms with van der Waals surface area (Å²) in [6.45, 7) is 5.41. The molecule has 0 fully saturated rings. The van der Waals surface area contributed by atoms with Crippen LogP contribution >= 0.6 is 0 Å². The molecule has 1 aromatic carbocycles. The number of hydrogen-bond acceptors (Lipinski definition) is 5. The molecule has 0 bridgehead atoms. The van der Waals surface area contributed by atoms with E-state index in [1.54, 1.807) is 20.8 Å². The Labute approximate surface area is 130 Å². The number of rotatable bonds is 6. The maximum absolute atomic E-state index is 11.7. The van der Waals surface area contributed by atoms with Gasteiger partial charge < -0.3 is 9.47 Å². The average molecular weight is 303 g/mol.